The van der Waals surface area contributed by atoms with Gasteiger partial charge in [0.2, 0.25) is 10.0 Å². The SMILES string of the molecule is COc1ccc(C(=O)OCC(=O)Nc2ccc(C)cc2C)cc1S(=O)(=O)N1CCN(c2cccc(Cl)c2)CC1. The number of piperazine rings is 1. The molecule has 0 bridgehead atoms. The first-order valence-corrected chi connectivity index (χ1v) is 14.1. The molecule has 1 aliphatic heterocycles. The zero-order valence-electron chi connectivity index (χ0n) is 21.9. The molecule has 3 aromatic rings. The Hall–Kier alpha value is -3.60. The standard InChI is InChI=1S/C28H30ClN3O6S/c1-19-7-9-24(20(2)15-19)30-27(33)18-38-28(34)21-8-10-25(37-3)26(16-21)39(35,36)32-13-11-31(12-14-32)23-6-4-5-22(29)17-23/h4-10,15-17H,11-14,18H2,1-3H3,(H,30,33). The molecule has 1 heterocycles. The molecule has 1 saturated heterocycles. The van der Waals surface area contributed by atoms with Gasteiger partial charge in [0.1, 0.15) is 10.6 Å². The Morgan fingerprint density at radius 2 is 1.72 bits per heavy atom. The molecule has 1 N–H and O–H groups in total. The average Bonchev–Trinajstić information content (AvgIpc) is 2.93. The van der Waals surface area contributed by atoms with Crippen molar-refractivity contribution in [1.29, 1.82) is 0 Å². The second-order valence-electron chi connectivity index (χ2n) is 9.18. The fourth-order valence-electron chi connectivity index (χ4n) is 4.36. The topological polar surface area (TPSA) is 105 Å². The third kappa shape index (κ3) is 6.70. The smallest absolute Gasteiger partial charge is 0.338 e. The molecule has 11 heteroatoms. The number of carbonyl (C=O) groups is 2. The molecule has 206 valence electrons. The van der Waals surface area contributed by atoms with Crippen molar-refractivity contribution in [2.75, 3.05) is 50.1 Å². The van der Waals surface area contributed by atoms with E-state index in [1.807, 2.05) is 44.2 Å². The lowest BCUT2D eigenvalue weighted by atomic mass is 10.1. The van der Waals surface area contributed by atoms with Crippen LogP contribution >= 0.6 is 11.6 Å². The lowest BCUT2D eigenvalue weighted by Gasteiger charge is -2.35. The Morgan fingerprint density at radius 3 is 2.38 bits per heavy atom. The maximum absolute atomic E-state index is 13.6. The Morgan fingerprint density at radius 1 is 0.974 bits per heavy atom. The minimum atomic E-state index is -3.99. The summed E-state index contributed by atoms with van der Waals surface area (Å²) < 4.78 is 38.9. The van der Waals surface area contributed by atoms with E-state index in [1.165, 1.54) is 29.6 Å². The molecular formula is C28H30ClN3O6S. The number of nitrogens with zero attached hydrogens (tertiary/aromatic N) is 2. The first-order chi connectivity index (χ1) is 18.6. The van der Waals surface area contributed by atoms with E-state index in [0.29, 0.717) is 23.8 Å². The average molecular weight is 572 g/mol. The highest BCUT2D eigenvalue weighted by atomic mass is 35.5. The maximum atomic E-state index is 13.6. The molecule has 0 aromatic heterocycles. The van der Waals surface area contributed by atoms with Gasteiger partial charge in [-0.25, -0.2) is 13.2 Å². The summed E-state index contributed by atoms with van der Waals surface area (Å²) >= 11 is 6.10. The van der Waals surface area contributed by atoms with Crippen molar-refractivity contribution < 1.29 is 27.5 Å². The third-order valence-corrected chi connectivity index (χ3v) is 8.57. The summed E-state index contributed by atoms with van der Waals surface area (Å²) in [6.07, 6.45) is 0. The van der Waals surface area contributed by atoms with E-state index in [9.17, 15) is 18.0 Å². The molecule has 0 spiro atoms. The number of esters is 1. The van der Waals surface area contributed by atoms with E-state index >= 15 is 0 Å². The van der Waals surface area contributed by atoms with E-state index in [2.05, 4.69) is 10.2 Å². The van der Waals surface area contributed by atoms with Gasteiger partial charge in [-0.2, -0.15) is 4.31 Å². The maximum Gasteiger partial charge on any atom is 0.338 e. The van der Waals surface area contributed by atoms with Crippen molar-refractivity contribution >= 4 is 44.9 Å². The van der Waals surface area contributed by atoms with E-state index in [-0.39, 0.29) is 29.3 Å². The number of amides is 1. The Bertz CT molecular complexity index is 1490. The van der Waals surface area contributed by atoms with Crippen LogP contribution in [0.25, 0.3) is 0 Å². The number of aryl methyl sites for hydroxylation is 2. The molecule has 39 heavy (non-hydrogen) atoms. The van der Waals surface area contributed by atoms with Crippen LogP contribution in [0.5, 0.6) is 5.75 Å². The molecule has 0 aliphatic carbocycles. The number of nitrogens with one attached hydrogen (secondary N) is 1. The van der Waals surface area contributed by atoms with Gasteiger partial charge in [-0.05, 0) is 61.9 Å². The van der Waals surface area contributed by atoms with Crippen LogP contribution in [0.3, 0.4) is 0 Å². The van der Waals surface area contributed by atoms with E-state index in [1.54, 1.807) is 12.1 Å². The summed E-state index contributed by atoms with van der Waals surface area (Å²) in [7, 11) is -2.62. The number of halogens is 1. The van der Waals surface area contributed by atoms with Gasteiger partial charge in [0.05, 0.1) is 12.7 Å². The monoisotopic (exact) mass is 571 g/mol. The van der Waals surface area contributed by atoms with Gasteiger partial charge in [-0.15, -0.1) is 0 Å². The van der Waals surface area contributed by atoms with Crippen molar-refractivity contribution in [1.82, 2.24) is 4.31 Å². The summed E-state index contributed by atoms with van der Waals surface area (Å²) in [6.45, 7) is 4.72. The van der Waals surface area contributed by atoms with Crippen molar-refractivity contribution in [3.63, 3.8) is 0 Å². The van der Waals surface area contributed by atoms with Gasteiger partial charge in [0.15, 0.2) is 6.61 Å². The van der Waals surface area contributed by atoms with Crippen molar-refractivity contribution in [2.24, 2.45) is 0 Å². The minimum absolute atomic E-state index is 0.00810. The number of carbonyl (C=O) groups excluding carboxylic acids is 2. The molecule has 0 radical (unpaired) electrons. The summed E-state index contributed by atoms with van der Waals surface area (Å²) in [5.41, 5.74) is 3.47. The van der Waals surface area contributed by atoms with Gasteiger partial charge in [-0.3, -0.25) is 4.79 Å². The first-order valence-electron chi connectivity index (χ1n) is 12.3. The Balaban J connectivity index is 1.43. The van der Waals surface area contributed by atoms with Crippen LogP contribution in [0.4, 0.5) is 11.4 Å². The van der Waals surface area contributed by atoms with Crippen LogP contribution in [0.2, 0.25) is 5.02 Å². The number of anilines is 2. The molecule has 1 aliphatic rings. The Labute approximate surface area is 233 Å². The number of methoxy groups -OCH3 is 1. The molecule has 0 atom stereocenters. The van der Waals surface area contributed by atoms with E-state index in [0.717, 1.165) is 16.8 Å². The summed E-state index contributed by atoms with van der Waals surface area (Å²) in [5.74, 6) is -1.22. The van der Waals surface area contributed by atoms with Crippen molar-refractivity contribution in [3.05, 3.63) is 82.4 Å². The Kier molecular flexibility index (Phi) is 8.79. The normalized spacial score (nSPS) is 14.1. The van der Waals surface area contributed by atoms with Gasteiger partial charge < -0.3 is 19.7 Å². The van der Waals surface area contributed by atoms with Gasteiger partial charge in [0, 0.05) is 42.6 Å². The van der Waals surface area contributed by atoms with Crippen molar-refractivity contribution in [3.8, 4) is 5.75 Å². The molecule has 0 unspecified atom stereocenters. The highest BCUT2D eigenvalue weighted by Crippen LogP contribution is 2.30. The summed E-state index contributed by atoms with van der Waals surface area (Å²) in [6, 6.07) is 17.0. The number of sulfonamides is 1. The number of benzene rings is 3. The lowest BCUT2D eigenvalue weighted by Crippen LogP contribution is -2.48. The van der Waals surface area contributed by atoms with Gasteiger partial charge in [-0.1, -0.05) is 35.4 Å². The molecule has 1 amide bonds. The largest absolute Gasteiger partial charge is 0.495 e. The van der Waals surface area contributed by atoms with Crippen LogP contribution < -0.4 is 15.0 Å². The fourth-order valence-corrected chi connectivity index (χ4v) is 6.15. The predicted octanol–water partition coefficient (Wildman–Crippen LogP) is 4.27. The lowest BCUT2D eigenvalue weighted by molar-refractivity contribution is -0.119. The summed E-state index contributed by atoms with van der Waals surface area (Å²) in [5, 5.41) is 3.32. The first kappa shape index (κ1) is 28.4. The quantitative estimate of drug-likeness (QED) is 0.403. The van der Waals surface area contributed by atoms with Gasteiger partial charge >= 0.3 is 5.97 Å². The van der Waals surface area contributed by atoms with Crippen molar-refractivity contribution in [2.45, 2.75) is 18.7 Å². The second kappa shape index (κ2) is 12.1. The molecule has 9 nitrogen and oxygen atoms in total. The predicted molar refractivity (Wildman–Crippen MR) is 150 cm³/mol. The van der Waals surface area contributed by atoms with Crippen LogP contribution in [-0.2, 0) is 19.6 Å². The number of ether oxygens (including phenoxy) is 2. The highest BCUT2D eigenvalue weighted by Gasteiger charge is 2.32. The van der Waals surface area contributed by atoms with Crippen LogP contribution in [0.15, 0.2) is 65.6 Å². The molecule has 3 aromatic carbocycles. The zero-order chi connectivity index (χ0) is 28.2. The number of hydrogen-bond acceptors (Lipinski definition) is 7. The number of rotatable bonds is 8. The molecule has 1 fully saturated rings. The van der Waals surface area contributed by atoms with Crippen LogP contribution in [-0.4, -0.2) is 64.5 Å². The van der Waals surface area contributed by atoms with Crippen LogP contribution in [0.1, 0.15) is 21.5 Å². The highest BCUT2D eigenvalue weighted by molar-refractivity contribution is 7.89. The molecule has 0 saturated carbocycles. The summed E-state index contributed by atoms with van der Waals surface area (Å²) in [4.78, 5) is 27.0. The van der Waals surface area contributed by atoms with E-state index in [4.69, 9.17) is 21.1 Å². The van der Waals surface area contributed by atoms with E-state index < -0.39 is 28.5 Å². The minimum Gasteiger partial charge on any atom is -0.495 e. The fraction of sp³-hybridized carbons (Fsp3) is 0.286. The van der Waals surface area contributed by atoms with Gasteiger partial charge in [0.25, 0.3) is 5.91 Å². The zero-order valence-corrected chi connectivity index (χ0v) is 23.5. The number of hydrogen-bond donors (Lipinski definition) is 1. The second-order valence-corrected chi connectivity index (χ2v) is 11.5. The van der Waals surface area contributed by atoms with Crippen LogP contribution in [0, 0.1) is 13.8 Å². The molecule has 4 rings (SSSR count). The molecular weight excluding hydrogens is 542 g/mol. The third-order valence-electron chi connectivity index (χ3n) is 6.42.